The van der Waals surface area contributed by atoms with Gasteiger partial charge in [-0.25, -0.2) is 9.97 Å². The van der Waals surface area contributed by atoms with E-state index in [-0.39, 0.29) is 0 Å². The van der Waals surface area contributed by atoms with Gasteiger partial charge in [0.25, 0.3) is 0 Å². The summed E-state index contributed by atoms with van der Waals surface area (Å²) in [5.41, 5.74) is 8.43. The summed E-state index contributed by atoms with van der Waals surface area (Å²) in [6.07, 6.45) is 1.47. The van der Waals surface area contributed by atoms with Gasteiger partial charge >= 0.3 is 0 Å². The number of benzene rings is 1. The molecule has 0 amide bonds. The van der Waals surface area contributed by atoms with Crippen LogP contribution in [0.2, 0.25) is 0 Å². The molecule has 0 saturated carbocycles. The van der Waals surface area contributed by atoms with E-state index in [4.69, 9.17) is 10.5 Å². The van der Waals surface area contributed by atoms with Crippen LogP contribution in [0, 0.1) is 6.92 Å². The topological polar surface area (TPSA) is 61.0 Å². The summed E-state index contributed by atoms with van der Waals surface area (Å²) in [5, 5.41) is 0. The Morgan fingerprint density at radius 3 is 2.76 bits per heavy atom. The number of nitrogens with zero attached hydrogens (tertiary/aromatic N) is 2. The highest BCUT2D eigenvalue weighted by Gasteiger charge is 2.11. The Bertz CT molecular complexity index is 526. The molecular weight excluding hydrogens is 214 g/mol. The van der Waals surface area contributed by atoms with Crippen LogP contribution in [-0.2, 0) is 0 Å². The summed E-state index contributed by atoms with van der Waals surface area (Å²) in [6.45, 7) is 4.49. The van der Waals surface area contributed by atoms with Gasteiger partial charge in [-0.1, -0.05) is 12.1 Å². The summed E-state index contributed by atoms with van der Waals surface area (Å²) in [7, 11) is 0. The molecular formula is C13H15N3O. The summed E-state index contributed by atoms with van der Waals surface area (Å²) in [6, 6.07) is 7.79. The van der Waals surface area contributed by atoms with Crippen LogP contribution in [0.5, 0.6) is 5.75 Å². The second-order valence-corrected chi connectivity index (χ2v) is 3.66. The molecule has 0 unspecified atom stereocenters. The molecule has 0 aliphatic heterocycles. The fourth-order valence-corrected chi connectivity index (χ4v) is 1.68. The van der Waals surface area contributed by atoms with Gasteiger partial charge in [0.2, 0.25) is 0 Å². The Balaban J connectivity index is 2.56. The lowest BCUT2D eigenvalue weighted by Gasteiger charge is -2.11. The first-order valence-electron chi connectivity index (χ1n) is 5.53. The lowest BCUT2D eigenvalue weighted by Crippen LogP contribution is -2.00. The summed E-state index contributed by atoms with van der Waals surface area (Å²) in [4.78, 5) is 8.25. The first-order valence-corrected chi connectivity index (χ1v) is 5.53. The van der Waals surface area contributed by atoms with Gasteiger partial charge in [0.1, 0.15) is 17.9 Å². The normalized spacial score (nSPS) is 10.2. The van der Waals surface area contributed by atoms with E-state index in [9.17, 15) is 0 Å². The third-order valence-electron chi connectivity index (χ3n) is 2.57. The van der Waals surface area contributed by atoms with Gasteiger partial charge < -0.3 is 10.5 Å². The van der Waals surface area contributed by atoms with Crippen molar-refractivity contribution in [3.8, 4) is 17.0 Å². The zero-order chi connectivity index (χ0) is 12.3. The van der Waals surface area contributed by atoms with Crippen molar-refractivity contribution in [2.24, 2.45) is 0 Å². The predicted octanol–water partition coefficient (Wildman–Crippen LogP) is 2.43. The van der Waals surface area contributed by atoms with Crippen molar-refractivity contribution in [3.05, 3.63) is 36.2 Å². The molecule has 1 aromatic heterocycles. The van der Waals surface area contributed by atoms with Crippen molar-refractivity contribution in [2.75, 3.05) is 12.3 Å². The predicted molar refractivity (Wildman–Crippen MR) is 67.8 cm³/mol. The van der Waals surface area contributed by atoms with Crippen LogP contribution in [0.25, 0.3) is 11.3 Å². The second kappa shape index (κ2) is 4.82. The van der Waals surface area contributed by atoms with E-state index in [0.29, 0.717) is 12.4 Å². The molecule has 1 aromatic carbocycles. The van der Waals surface area contributed by atoms with Crippen molar-refractivity contribution in [3.63, 3.8) is 0 Å². The average molecular weight is 229 g/mol. The Kier molecular flexibility index (Phi) is 3.23. The van der Waals surface area contributed by atoms with Gasteiger partial charge in [-0.15, -0.1) is 0 Å². The molecule has 4 heteroatoms. The minimum atomic E-state index is 0.501. The van der Waals surface area contributed by atoms with E-state index in [1.807, 2.05) is 38.1 Å². The zero-order valence-electron chi connectivity index (χ0n) is 9.97. The standard InChI is InChI=1S/C13H15N3O/c1-3-17-11-7-5-4-6-10(11)12-9(2)13(14)16-8-15-12/h4-8H,3H2,1-2H3,(H2,14,15,16). The molecule has 0 spiro atoms. The van der Waals surface area contributed by atoms with Gasteiger partial charge in [0.15, 0.2) is 0 Å². The van der Waals surface area contributed by atoms with Gasteiger partial charge in [0.05, 0.1) is 12.3 Å². The van der Waals surface area contributed by atoms with Crippen molar-refractivity contribution >= 4 is 5.82 Å². The average Bonchev–Trinajstić information content (AvgIpc) is 2.34. The van der Waals surface area contributed by atoms with Crippen molar-refractivity contribution in [1.29, 1.82) is 0 Å². The van der Waals surface area contributed by atoms with Gasteiger partial charge in [-0.05, 0) is 26.0 Å². The number of aromatic nitrogens is 2. The maximum atomic E-state index is 5.79. The van der Waals surface area contributed by atoms with Crippen LogP contribution in [0.4, 0.5) is 5.82 Å². The van der Waals surface area contributed by atoms with E-state index in [1.165, 1.54) is 6.33 Å². The van der Waals surface area contributed by atoms with Crippen LogP contribution in [0.3, 0.4) is 0 Å². The molecule has 2 aromatic rings. The molecule has 0 radical (unpaired) electrons. The van der Waals surface area contributed by atoms with Gasteiger partial charge in [-0.2, -0.15) is 0 Å². The van der Waals surface area contributed by atoms with Crippen molar-refractivity contribution < 1.29 is 4.74 Å². The quantitative estimate of drug-likeness (QED) is 0.878. The molecule has 0 aliphatic rings. The first kappa shape index (κ1) is 11.4. The van der Waals surface area contributed by atoms with E-state index in [1.54, 1.807) is 0 Å². The number of para-hydroxylation sites is 1. The minimum absolute atomic E-state index is 0.501. The third kappa shape index (κ3) is 2.20. The molecule has 0 saturated heterocycles. The highest BCUT2D eigenvalue weighted by atomic mass is 16.5. The molecule has 17 heavy (non-hydrogen) atoms. The van der Waals surface area contributed by atoms with Crippen molar-refractivity contribution in [1.82, 2.24) is 9.97 Å². The van der Waals surface area contributed by atoms with Crippen LogP contribution < -0.4 is 10.5 Å². The Morgan fingerprint density at radius 2 is 2.00 bits per heavy atom. The minimum Gasteiger partial charge on any atom is -0.493 e. The Morgan fingerprint density at radius 1 is 1.24 bits per heavy atom. The van der Waals surface area contributed by atoms with Crippen LogP contribution in [0.15, 0.2) is 30.6 Å². The fraction of sp³-hybridized carbons (Fsp3) is 0.231. The zero-order valence-corrected chi connectivity index (χ0v) is 9.97. The largest absolute Gasteiger partial charge is 0.493 e. The van der Waals surface area contributed by atoms with Gasteiger partial charge in [0, 0.05) is 11.1 Å². The number of hydrogen-bond donors (Lipinski definition) is 1. The highest BCUT2D eigenvalue weighted by molar-refractivity contribution is 5.72. The number of rotatable bonds is 3. The number of ether oxygens (including phenoxy) is 1. The lowest BCUT2D eigenvalue weighted by molar-refractivity contribution is 0.341. The summed E-state index contributed by atoms with van der Waals surface area (Å²) >= 11 is 0. The summed E-state index contributed by atoms with van der Waals surface area (Å²) in [5.74, 6) is 1.32. The van der Waals surface area contributed by atoms with Crippen molar-refractivity contribution in [2.45, 2.75) is 13.8 Å². The molecule has 2 rings (SSSR count). The first-order chi connectivity index (χ1) is 8.24. The number of nitrogens with two attached hydrogens (primary N) is 1. The lowest BCUT2D eigenvalue weighted by atomic mass is 10.1. The second-order valence-electron chi connectivity index (χ2n) is 3.66. The molecule has 2 N–H and O–H groups in total. The third-order valence-corrected chi connectivity index (χ3v) is 2.57. The van der Waals surface area contributed by atoms with Crippen LogP contribution >= 0.6 is 0 Å². The fourth-order valence-electron chi connectivity index (χ4n) is 1.68. The van der Waals surface area contributed by atoms with E-state index >= 15 is 0 Å². The monoisotopic (exact) mass is 229 g/mol. The molecule has 0 atom stereocenters. The maximum Gasteiger partial charge on any atom is 0.130 e. The molecule has 4 nitrogen and oxygen atoms in total. The SMILES string of the molecule is CCOc1ccccc1-c1ncnc(N)c1C. The molecule has 0 bridgehead atoms. The molecule has 88 valence electrons. The summed E-state index contributed by atoms with van der Waals surface area (Å²) < 4.78 is 5.59. The van der Waals surface area contributed by atoms with Crippen LogP contribution in [-0.4, -0.2) is 16.6 Å². The Labute approximate surface area is 100 Å². The smallest absolute Gasteiger partial charge is 0.130 e. The Hall–Kier alpha value is -2.10. The van der Waals surface area contributed by atoms with Crippen LogP contribution in [0.1, 0.15) is 12.5 Å². The number of anilines is 1. The number of nitrogen functional groups attached to an aromatic ring is 1. The molecule has 0 aliphatic carbocycles. The van der Waals surface area contributed by atoms with E-state index in [0.717, 1.165) is 22.6 Å². The molecule has 1 heterocycles. The number of hydrogen-bond acceptors (Lipinski definition) is 4. The maximum absolute atomic E-state index is 5.79. The highest BCUT2D eigenvalue weighted by Crippen LogP contribution is 2.31. The molecule has 0 fully saturated rings. The van der Waals surface area contributed by atoms with E-state index < -0.39 is 0 Å². The van der Waals surface area contributed by atoms with Gasteiger partial charge in [-0.3, -0.25) is 0 Å². The van der Waals surface area contributed by atoms with E-state index in [2.05, 4.69) is 9.97 Å².